The minimum absolute atomic E-state index is 0.0510. The van der Waals surface area contributed by atoms with E-state index in [9.17, 15) is 26.4 Å². The van der Waals surface area contributed by atoms with Crippen LogP contribution in [-0.2, 0) is 20.9 Å². The molecule has 2 amide bonds. The molecule has 7 nitrogen and oxygen atoms in total. The molecule has 0 unspecified atom stereocenters. The Morgan fingerprint density at radius 3 is 2.07 bits per heavy atom. The third-order valence-electron chi connectivity index (χ3n) is 4.60. The van der Waals surface area contributed by atoms with E-state index in [1.54, 1.807) is 4.90 Å². The van der Waals surface area contributed by atoms with Crippen molar-refractivity contribution in [2.75, 3.05) is 52.5 Å². The van der Waals surface area contributed by atoms with E-state index in [4.69, 9.17) is 4.74 Å². The second-order valence-electron chi connectivity index (χ2n) is 6.27. The minimum Gasteiger partial charge on any atom is -0.378 e. The van der Waals surface area contributed by atoms with Crippen molar-refractivity contribution in [3.05, 3.63) is 29.8 Å². The Kier molecular flexibility index (Phi) is 5.63. The summed E-state index contributed by atoms with van der Waals surface area (Å²) in [5.74, 6) is 0. The maximum absolute atomic E-state index is 13.2. The van der Waals surface area contributed by atoms with Crippen molar-refractivity contribution in [3.8, 4) is 0 Å². The molecule has 2 saturated heterocycles. The third-order valence-corrected chi connectivity index (χ3v) is 6.56. The van der Waals surface area contributed by atoms with Crippen LogP contribution in [0.2, 0.25) is 0 Å². The Morgan fingerprint density at radius 2 is 1.48 bits per heavy atom. The number of piperazine rings is 1. The van der Waals surface area contributed by atoms with Crippen LogP contribution in [0.5, 0.6) is 0 Å². The second kappa shape index (κ2) is 7.64. The number of sulfonamides is 1. The Hall–Kier alpha value is -1.85. The van der Waals surface area contributed by atoms with Gasteiger partial charge >= 0.3 is 12.2 Å². The maximum atomic E-state index is 13.2. The number of carbonyl (C=O) groups excluding carboxylic acids is 1. The summed E-state index contributed by atoms with van der Waals surface area (Å²) in [6.45, 7) is 2.00. The Morgan fingerprint density at radius 1 is 0.926 bits per heavy atom. The lowest BCUT2D eigenvalue weighted by Crippen LogP contribution is -2.55. The number of amides is 2. The molecule has 27 heavy (non-hydrogen) atoms. The van der Waals surface area contributed by atoms with Gasteiger partial charge in [0.15, 0.2) is 0 Å². The molecule has 2 aliphatic heterocycles. The van der Waals surface area contributed by atoms with Crippen LogP contribution in [0, 0.1) is 0 Å². The number of rotatable bonds is 2. The number of carbonyl (C=O) groups is 1. The van der Waals surface area contributed by atoms with Gasteiger partial charge < -0.3 is 14.5 Å². The van der Waals surface area contributed by atoms with Crippen LogP contribution in [0.15, 0.2) is 29.2 Å². The average Bonchev–Trinajstić information content (AvgIpc) is 2.67. The lowest BCUT2D eigenvalue weighted by Gasteiger charge is -2.38. The summed E-state index contributed by atoms with van der Waals surface area (Å²) < 4.78 is 71.2. The molecule has 0 N–H and O–H groups in total. The molecule has 2 fully saturated rings. The quantitative estimate of drug-likeness (QED) is 0.745. The van der Waals surface area contributed by atoms with Gasteiger partial charge in [0.25, 0.3) is 0 Å². The number of ether oxygens (including phenoxy) is 1. The van der Waals surface area contributed by atoms with Crippen LogP contribution in [0.3, 0.4) is 0 Å². The first kappa shape index (κ1) is 19.9. The van der Waals surface area contributed by atoms with Gasteiger partial charge in [-0.15, -0.1) is 0 Å². The fourth-order valence-corrected chi connectivity index (χ4v) is 4.77. The van der Waals surface area contributed by atoms with Crippen molar-refractivity contribution in [3.63, 3.8) is 0 Å². The summed E-state index contributed by atoms with van der Waals surface area (Å²) in [6.07, 6.45) is -4.77. The van der Waals surface area contributed by atoms with E-state index >= 15 is 0 Å². The normalized spacial score (nSPS) is 20.0. The molecule has 150 valence electrons. The summed E-state index contributed by atoms with van der Waals surface area (Å²) in [5.41, 5.74) is -1.18. The number of alkyl halides is 3. The van der Waals surface area contributed by atoms with E-state index in [2.05, 4.69) is 0 Å². The fourth-order valence-electron chi connectivity index (χ4n) is 3.14. The molecule has 2 aliphatic rings. The smallest absolute Gasteiger partial charge is 0.378 e. The van der Waals surface area contributed by atoms with Crippen molar-refractivity contribution in [1.82, 2.24) is 14.1 Å². The van der Waals surface area contributed by atoms with Gasteiger partial charge in [0.1, 0.15) is 0 Å². The predicted molar refractivity (Wildman–Crippen MR) is 89.6 cm³/mol. The molecule has 2 heterocycles. The second-order valence-corrected chi connectivity index (χ2v) is 8.17. The molecule has 11 heteroatoms. The molecular weight excluding hydrogens is 387 g/mol. The molecular formula is C16H20F3N3O4S. The Labute approximate surface area is 155 Å². The number of urea groups is 1. The van der Waals surface area contributed by atoms with E-state index < -0.39 is 26.7 Å². The maximum Gasteiger partial charge on any atom is 0.417 e. The minimum atomic E-state index is -4.77. The van der Waals surface area contributed by atoms with E-state index in [1.807, 2.05) is 0 Å². The van der Waals surface area contributed by atoms with Crippen LogP contribution >= 0.6 is 0 Å². The SMILES string of the molecule is O=C(N1CCOCC1)N1CCN(S(=O)(=O)c2ccccc2C(F)(F)F)CC1. The summed E-state index contributed by atoms with van der Waals surface area (Å²) >= 11 is 0. The van der Waals surface area contributed by atoms with Crippen LogP contribution in [-0.4, -0.2) is 81.0 Å². The largest absolute Gasteiger partial charge is 0.417 e. The fraction of sp³-hybridized carbons (Fsp3) is 0.562. The summed E-state index contributed by atoms with van der Waals surface area (Å²) in [6, 6.07) is 3.93. The van der Waals surface area contributed by atoms with Crippen molar-refractivity contribution in [2.45, 2.75) is 11.1 Å². The lowest BCUT2D eigenvalue weighted by molar-refractivity contribution is -0.139. The van der Waals surface area contributed by atoms with Crippen molar-refractivity contribution < 1.29 is 31.1 Å². The molecule has 0 saturated carbocycles. The molecule has 1 aromatic rings. The van der Waals surface area contributed by atoms with Gasteiger partial charge in [-0.05, 0) is 12.1 Å². The number of nitrogens with zero attached hydrogens (tertiary/aromatic N) is 3. The van der Waals surface area contributed by atoms with Crippen LogP contribution in [0.25, 0.3) is 0 Å². The molecule has 0 atom stereocenters. The first-order valence-corrected chi connectivity index (χ1v) is 9.93. The number of hydrogen-bond acceptors (Lipinski definition) is 4. The first-order chi connectivity index (χ1) is 12.7. The van der Waals surface area contributed by atoms with E-state index in [0.717, 1.165) is 22.5 Å². The topological polar surface area (TPSA) is 70.2 Å². The third kappa shape index (κ3) is 4.19. The van der Waals surface area contributed by atoms with Gasteiger partial charge in [0.2, 0.25) is 10.0 Å². The van der Waals surface area contributed by atoms with Gasteiger partial charge in [0.05, 0.1) is 23.7 Å². The Bertz CT molecular complexity index is 786. The molecule has 0 spiro atoms. The first-order valence-electron chi connectivity index (χ1n) is 8.49. The summed E-state index contributed by atoms with van der Waals surface area (Å²) in [4.78, 5) is 14.8. The van der Waals surface area contributed by atoms with Gasteiger partial charge in [-0.25, -0.2) is 13.2 Å². The number of morpholine rings is 1. The molecule has 0 bridgehead atoms. The van der Waals surface area contributed by atoms with E-state index in [0.29, 0.717) is 26.3 Å². The highest BCUT2D eigenvalue weighted by molar-refractivity contribution is 7.89. The number of benzene rings is 1. The standard InChI is InChI=1S/C16H20F3N3O4S/c17-16(18,19)13-3-1-2-4-14(13)27(24,25)22-7-5-20(6-8-22)15(23)21-9-11-26-12-10-21/h1-4H,5-12H2. The van der Waals surface area contributed by atoms with Gasteiger partial charge in [-0.1, -0.05) is 12.1 Å². The number of hydrogen-bond donors (Lipinski definition) is 0. The molecule has 0 aromatic heterocycles. The van der Waals surface area contributed by atoms with Gasteiger partial charge in [-0.3, -0.25) is 0 Å². The highest BCUT2D eigenvalue weighted by Crippen LogP contribution is 2.35. The van der Waals surface area contributed by atoms with Gasteiger partial charge in [0, 0.05) is 39.3 Å². The van der Waals surface area contributed by atoms with Crippen molar-refractivity contribution >= 4 is 16.1 Å². The lowest BCUT2D eigenvalue weighted by atomic mass is 10.2. The summed E-state index contributed by atoms with van der Waals surface area (Å²) in [5, 5.41) is 0. The molecule has 0 aliphatic carbocycles. The van der Waals surface area contributed by atoms with E-state index in [1.165, 1.54) is 11.0 Å². The predicted octanol–water partition coefficient (Wildman–Crippen LogP) is 1.46. The summed E-state index contributed by atoms with van der Waals surface area (Å²) in [7, 11) is -4.31. The highest BCUT2D eigenvalue weighted by atomic mass is 32.2. The van der Waals surface area contributed by atoms with E-state index in [-0.39, 0.29) is 32.2 Å². The van der Waals surface area contributed by atoms with Crippen LogP contribution in [0.4, 0.5) is 18.0 Å². The Balaban J connectivity index is 1.71. The molecule has 3 rings (SSSR count). The zero-order valence-electron chi connectivity index (χ0n) is 14.5. The number of halogens is 3. The van der Waals surface area contributed by atoms with Crippen LogP contribution in [0.1, 0.15) is 5.56 Å². The van der Waals surface area contributed by atoms with Crippen LogP contribution < -0.4 is 0 Å². The average molecular weight is 407 g/mol. The highest BCUT2D eigenvalue weighted by Gasteiger charge is 2.40. The van der Waals surface area contributed by atoms with Crippen molar-refractivity contribution in [1.29, 1.82) is 0 Å². The molecule has 1 aromatic carbocycles. The monoisotopic (exact) mass is 407 g/mol. The van der Waals surface area contributed by atoms with Crippen molar-refractivity contribution in [2.24, 2.45) is 0 Å². The zero-order chi connectivity index (χ0) is 19.7. The molecule has 0 radical (unpaired) electrons. The van der Waals surface area contributed by atoms with Gasteiger partial charge in [-0.2, -0.15) is 17.5 Å². The zero-order valence-corrected chi connectivity index (χ0v) is 15.3.